The topological polar surface area (TPSA) is 93.7 Å². The van der Waals surface area contributed by atoms with Gasteiger partial charge in [-0.05, 0) is 61.7 Å². The van der Waals surface area contributed by atoms with E-state index in [9.17, 15) is 13.2 Å². The first kappa shape index (κ1) is 23.7. The molecule has 2 N–H and O–H groups in total. The van der Waals surface area contributed by atoms with Gasteiger partial charge in [-0.3, -0.25) is 4.79 Å². The molecule has 168 valence electrons. The molecular weight excluding hydrogens is 484 g/mol. The minimum Gasteiger partial charge on any atom is -0.493 e. The second-order valence-corrected chi connectivity index (χ2v) is 9.99. The summed E-state index contributed by atoms with van der Waals surface area (Å²) in [7, 11) is -3.64. The molecule has 0 aliphatic carbocycles. The molecule has 3 rings (SSSR count). The number of unbranched alkanes of at least 4 members (excludes halogenated alkanes) is 1. The average Bonchev–Trinajstić information content (AvgIpc) is 3.28. The lowest BCUT2D eigenvalue weighted by atomic mass is 10.2. The maximum absolute atomic E-state index is 12.8. The Kier molecular flexibility index (Phi) is 8.48. The molecule has 1 saturated heterocycles. The third kappa shape index (κ3) is 6.77. The number of amides is 1. The predicted octanol–water partition coefficient (Wildman–Crippen LogP) is 4.34. The van der Waals surface area contributed by atoms with Crippen LogP contribution in [0.4, 0.5) is 5.69 Å². The molecular formula is C22H27BrN2O5S. The Balaban J connectivity index is 1.65. The molecule has 0 radical (unpaired) electrons. The number of ether oxygens (including phenoxy) is 2. The van der Waals surface area contributed by atoms with Crippen molar-refractivity contribution in [2.45, 2.75) is 43.6 Å². The molecule has 0 saturated carbocycles. The van der Waals surface area contributed by atoms with Gasteiger partial charge in [-0.15, -0.1) is 0 Å². The first-order valence-corrected chi connectivity index (χ1v) is 12.6. The van der Waals surface area contributed by atoms with Gasteiger partial charge in [0.25, 0.3) is 5.91 Å². The molecule has 0 aromatic heterocycles. The van der Waals surface area contributed by atoms with Crippen molar-refractivity contribution in [2.24, 2.45) is 0 Å². The molecule has 2 aromatic carbocycles. The molecule has 1 heterocycles. The van der Waals surface area contributed by atoms with Crippen molar-refractivity contribution < 1.29 is 22.7 Å². The summed E-state index contributed by atoms with van der Waals surface area (Å²) in [6.07, 6.45) is 3.62. The zero-order valence-electron chi connectivity index (χ0n) is 17.4. The van der Waals surface area contributed by atoms with E-state index in [1.165, 1.54) is 12.1 Å². The summed E-state index contributed by atoms with van der Waals surface area (Å²) in [5.41, 5.74) is 0.892. The lowest BCUT2D eigenvalue weighted by Gasteiger charge is -2.13. The minimum atomic E-state index is -3.64. The largest absolute Gasteiger partial charge is 0.493 e. The summed E-state index contributed by atoms with van der Waals surface area (Å²) in [6.45, 7) is 3.53. The maximum atomic E-state index is 12.8. The number of hydrogen-bond acceptors (Lipinski definition) is 5. The molecule has 1 aliphatic heterocycles. The van der Waals surface area contributed by atoms with Crippen LogP contribution >= 0.6 is 15.9 Å². The Bertz CT molecular complexity index is 989. The van der Waals surface area contributed by atoms with Gasteiger partial charge in [-0.1, -0.05) is 29.3 Å². The van der Waals surface area contributed by atoms with E-state index in [-0.39, 0.29) is 23.5 Å². The third-order valence-electron chi connectivity index (χ3n) is 4.89. The summed E-state index contributed by atoms with van der Waals surface area (Å²) in [4.78, 5) is 12.9. The number of nitrogens with one attached hydrogen (secondary N) is 2. The summed E-state index contributed by atoms with van der Waals surface area (Å²) in [5.74, 6) is 0.173. The number of sulfonamides is 1. The fourth-order valence-corrected chi connectivity index (χ4v) is 4.57. The number of anilines is 1. The van der Waals surface area contributed by atoms with Crippen molar-refractivity contribution in [3.8, 4) is 5.75 Å². The Morgan fingerprint density at radius 3 is 2.68 bits per heavy atom. The SMILES string of the molecule is CCCCOc1ccc(Br)cc1C(=O)Nc1ccc(S(=O)(=O)NCC2CCCO2)cc1. The van der Waals surface area contributed by atoms with Crippen LogP contribution in [0.25, 0.3) is 0 Å². The number of rotatable bonds is 10. The minimum absolute atomic E-state index is 0.0766. The Hall–Kier alpha value is -1.94. The lowest BCUT2D eigenvalue weighted by Crippen LogP contribution is -2.31. The second kappa shape index (κ2) is 11.1. The van der Waals surface area contributed by atoms with Crippen LogP contribution in [0.15, 0.2) is 51.8 Å². The summed E-state index contributed by atoms with van der Waals surface area (Å²) < 4.78 is 39.5. The highest BCUT2D eigenvalue weighted by atomic mass is 79.9. The summed E-state index contributed by atoms with van der Waals surface area (Å²) in [5, 5.41) is 2.80. The van der Waals surface area contributed by atoms with E-state index in [0.29, 0.717) is 30.2 Å². The zero-order chi connectivity index (χ0) is 22.3. The lowest BCUT2D eigenvalue weighted by molar-refractivity contribution is 0.102. The van der Waals surface area contributed by atoms with E-state index < -0.39 is 10.0 Å². The highest BCUT2D eigenvalue weighted by Gasteiger charge is 2.20. The number of carbonyl (C=O) groups excluding carboxylic acids is 1. The van der Waals surface area contributed by atoms with Gasteiger partial charge in [0.1, 0.15) is 5.75 Å². The van der Waals surface area contributed by atoms with E-state index in [0.717, 1.165) is 30.2 Å². The van der Waals surface area contributed by atoms with E-state index >= 15 is 0 Å². The maximum Gasteiger partial charge on any atom is 0.259 e. The number of benzene rings is 2. The van der Waals surface area contributed by atoms with Crippen LogP contribution in [0, 0.1) is 0 Å². The molecule has 31 heavy (non-hydrogen) atoms. The van der Waals surface area contributed by atoms with Crippen molar-refractivity contribution in [1.29, 1.82) is 0 Å². The Morgan fingerprint density at radius 2 is 2.00 bits per heavy atom. The smallest absolute Gasteiger partial charge is 0.259 e. The van der Waals surface area contributed by atoms with Gasteiger partial charge in [-0.2, -0.15) is 0 Å². The molecule has 1 aliphatic rings. The molecule has 1 atom stereocenters. The zero-order valence-corrected chi connectivity index (χ0v) is 19.8. The van der Waals surface area contributed by atoms with Crippen LogP contribution in [0.1, 0.15) is 43.0 Å². The van der Waals surface area contributed by atoms with Gasteiger partial charge in [0.05, 0.1) is 23.2 Å². The number of halogens is 1. The quantitative estimate of drug-likeness (QED) is 0.463. The van der Waals surface area contributed by atoms with Gasteiger partial charge in [0, 0.05) is 23.3 Å². The standard InChI is InChI=1S/C22H27BrN2O5S/c1-2-3-12-30-21-11-6-16(23)14-20(21)22(26)25-17-7-9-19(10-8-17)31(27,28)24-15-18-5-4-13-29-18/h6-11,14,18,24H,2-5,12-13,15H2,1H3,(H,25,26). The van der Waals surface area contributed by atoms with Crippen LogP contribution in [0.3, 0.4) is 0 Å². The van der Waals surface area contributed by atoms with Crippen molar-refractivity contribution in [1.82, 2.24) is 4.72 Å². The number of hydrogen-bond donors (Lipinski definition) is 2. The molecule has 1 fully saturated rings. The van der Waals surface area contributed by atoms with Crippen molar-refractivity contribution in [3.63, 3.8) is 0 Å². The first-order valence-electron chi connectivity index (χ1n) is 10.3. The van der Waals surface area contributed by atoms with Crippen LogP contribution in [0.5, 0.6) is 5.75 Å². The monoisotopic (exact) mass is 510 g/mol. The van der Waals surface area contributed by atoms with E-state index in [1.807, 2.05) is 6.07 Å². The van der Waals surface area contributed by atoms with Gasteiger partial charge in [-0.25, -0.2) is 13.1 Å². The van der Waals surface area contributed by atoms with Crippen molar-refractivity contribution >= 4 is 37.5 Å². The second-order valence-electron chi connectivity index (χ2n) is 7.31. The summed E-state index contributed by atoms with van der Waals surface area (Å²) >= 11 is 3.38. The highest BCUT2D eigenvalue weighted by Crippen LogP contribution is 2.25. The van der Waals surface area contributed by atoms with Gasteiger partial charge in [0.15, 0.2) is 0 Å². The first-order chi connectivity index (χ1) is 14.9. The molecule has 2 aromatic rings. The molecule has 9 heteroatoms. The normalized spacial score (nSPS) is 16.3. The van der Waals surface area contributed by atoms with Gasteiger partial charge < -0.3 is 14.8 Å². The fraction of sp³-hybridized carbons (Fsp3) is 0.409. The summed E-state index contributed by atoms with van der Waals surface area (Å²) in [6, 6.07) is 11.3. The van der Waals surface area contributed by atoms with Gasteiger partial charge in [0.2, 0.25) is 10.0 Å². The molecule has 7 nitrogen and oxygen atoms in total. The van der Waals surface area contributed by atoms with E-state index in [4.69, 9.17) is 9.47 Å². The third-order valence-corrected chi connectivity index (χ3v) is 6.82. The van der Waals surface area contributed by atoms with Crippen LogP contribution < -0.4 is 14.8 Å². The van der Waals surface area contributed by atoms with Crippen molar-refractivity contribution in [2.75, 3.05) is 25.1 Å². The van der Waals surface area contributed by atoms with E-state index in [2.05, 4.69) is 32.9 Å². The van der Waals surface area contributed by atoms with E-state index in [1.54, 1.807) is 24.3 Å². The highest BCUT2D eigenvalue weighted by molar-refractivity contribution is 9.10. The number of carbonyl (C=O) groups is 1. The van der Waals surface area contributed by atoms with Crippen LogP contribution in [0.2, 0.25) is 0 Å². The Morgan fingerprint density at radius 1 is 1.23 bits per heavy atom. The fourth-order valence-electron chi connectivity index (χ4n) is 3.14. The van der Waals surface area contributed by atoms with Crippen molar-refractivity contribution in [3.05, 3.63) is 52.5 Å². The van der Waals surface area contributed by atoms with Crippen LogP contribution in [-0.4, -0.2) is 40.2 Å². The molecule has 0 bridgehead atoms. The molecule has 1 amide bonds. The molecule has 1 unspecified atom stereocenters. The van der Waals surface area contributed by atoms with Crippen LogP contribution in [-0.2, 0) is 14.8 Å². The average molecular weight is 511 g/mol. The Labute approximate surface area is 191 Å². The molecule has 0 spiro atoms. The predicted molar refractivity (Wildman–Crippen MR) is 123 cm³/mol. The van der Waals surface area contributed by atoms with Gasteiger partial charge >= 0.3 is 0 Å².